The molecule has 2 aliphatic rings. The van der Waals surface area contributed by atoms with Crippen molar-refractivity contribution in [1.29, 1.82) is 0 Å². The Morgan fingerprint density at radius 2 is 1.74 bits per heavy atom. The van der Waals surface area contributed by atoms with Crippen molar-refractivity contribution >= 4 is 23.2 Å². The molecule has 0 spiro atoms. The molecule has 2 aliphatic heterocycles. The molecule has 2 N–H and O–H groups in total. The van der Waals surface area contributed by atoms with Gasteiger partial charge in [-0.25, -0.2) is 14.6 Å². The van der Waals surface area contributed by atoms with Crippen molar-refractivity contribution in [3.63, 3.8) is 0 Å². The number of pyridine rings is 2. The fourth-order valence-electron chi connectivity index (χ4n) is 3.59. The fourth-order valence-corrected chi connectivity index (χ4v) is 3.59. The molecule has 5 heterocycles. The Hall–Kier alpha value is -3.42. The predicted molar refractivity (Wildman–Crippen MR) is 102 cm³/mol. The highest BCUT2D eigenvalue weighted by molar-refractivity contribution is 6.09. The van der Waals surface area contributed by atoms with Gasteiger partial charge in [0.25, 0.3) is 5.91 Å². The van der Waals surface area contributed by atoms with Crippen molar-refractivity contribution in [2.75, 3.05) is 28.6 Å². The second kappa shape index (κ2) is 6.08. The van der Waals surface area contributed by atoms with E-state index in [0.717, 1.165) is 30.3 Å². The van der Waals surface area contributed by atoms with Crippen LogP contribution in [0.25, 0.3) is 5.69 Å². The summed E-state index contributed by atoms with van der Waals surface area (Å²) < 4.78 is 1.72. The number of aromatic nitrogens is 4. The van der Waals surface area contributed by atoms with Crippen molar-refractivity contribution in [2.24, 2.45) is 0 Å². The Kier molecular flexibility index (Phi) is 3.56. The lowest BCUT2D eigenvalue weighted by atomic mass is 10.3. The molecule has 27 heavy (non-hydrogen) atoms. The number of carbonyl (C=O) groups excluding carboxylic acids is 1. The summed E-state index contributed by atoms with van der Waals surface area (Å²) in [6, 6.07) is 7.49. The van der Waals surface area contributed by atoms with E-state index < -0.39 is 0 Å². The predicted octanol–water partition coefficient (Wildman–Crippen LogP) is 2.01. The van der Waals surface area contributed by atoms with Gasteiger partial charge in [0.15, 0.2) is 0 Å². The molecule has 8 nitrogen and oxygen atoms in total. The Bertz CT molecular complexity index is 988. The second-order valence-electron chi connectivity index (χ2n) is 6.84. The molecule has 0 bridgehead atoms. The molecule has 0 aromatic carbocycles. The molecule has 0 radical (unpaired) electrons. The first kappa shape index (κ1) is 15.8. The summed E-state index contributed by atoms with van der Waals surface area (Å²) in [6.45, 7) is 2.52. The Morgan fingerprint density at radius 3 is 2.41 bits per heavy atom. The highest BCUT2D eigenvalue weighted by Gasteiger charge is 2.32. The van der Waals surface area contributed by atoms with Gasteiger partial charge in [-0.2, -0.15) is 5.10 Å². The van der Waals surface area contributed by atoms with Gasteiger partial charge < -0.3 is 10.6 Å². The van der Waals surface area contributed by atoms with E-state index >= 15 is 0 Å². The third kappa shape index (κ3) is 2.69. The van der Waals surface area contributed by atoms with Crippen LogP contribution < -0.4 is 15.5 Å². The van der Waals surface area contributed by atoms with E-state index in [9.17, 15) is 4.79 Å². The number of nitrogens with zero attached hydrogens (tertiary/aromatic N) is 6. The molecule has 8 heteroatoms. The summed E-state index contributed by atoms with van der Waals surface area (Å²) in [5.41, 5.74) is 8.41. The largest absolute Gasteiger partial charge is 0.397 e. The topological polar surface area (TPSA) is 93.2 Å². The molecule has 0 aliphatic carbocycles. The highest BCUT2D eigenvalue weighted by Crippen LogP contribution is 2.27. The first-order valence-corrected chi connectivity index (χ1v) is 9.02. The van der Waals surface area contributed by atoms with Gasteiger partial charge in [-0.3, -0.25) is 9.69 Å². The van der Waals surface area contributed by atoms with Gasteiger partial charge >= 0.3 is 0 Å². The lowest BCUT2D eigenvalue weighted by Crippen LogP contribution is -2.24. The highest BCUT2D eigenvalue weighted by atomic mass is 16.2. The van der Waals surface area contributed by atoms with Crippen LogP contribution in [0.1, 0.15) is 28.9 Å². The zero-order chi connectivity index (χ0) is 18.4. The molecule has 0 atom stereocenters. The number of hydrogen-bond donors (Lipinski definition) is 1. The van der Waals surface area contributed by atoms with E-state index in [-0.39, 0.29) is 5.91 Å². The summed E-state index contributed by atoms with van der Waals surface area (Å²) in [6.07, 6.45) is 7.56. The van der Waals surface area contributed by atoms with E-state index in [1.807, 2.05) is 12.1 Å². The van der Waals surface area contributed by atoms with Crippen molar-refractivity contribution in [3.8, 4) is 5.69 Å². The van der Waals surface area contributed by atoms with Crippen molar-refractivity contribution in [1.82, 2.24) is 19.7 Å². The average molecular weight is 361 g/mol. The second-order valence-corrected chi connectivity index (χ2v) is 6.84. The molecule has 0 unspecified atom stereocenters. The van der Waals surface area contributed by atoms with Gasteiger partial charge in [0.05, 0.1) is 41.6 Å². The number of nitrogens with two attached hydrogens (primary N) is 1. The molecule has 1 fully saturated rings. The van der Waals surface area contributed by atoms with Crippen LogP contribution in [0, 0.1) is 0 Å². The number of carbonyl (C=O) groups is 1. The molecule has 1 saturated heterocycles. The van der Waals surface area contributed by atoms with E-state index in [2.05, 4.69) is 20.0 Å². The van der Waals surface area contributed by atoms with Crippen molar-refractivity contribution in [3.05, 3.63) is 54.1 Å². The molecule has 136 valence electrons. The standard InChI is InChI=1S/C19H19N7O/c20-13-3-5-18(21-9-13)25-12-16-15(19(25)27)11-26(23-16)14-4-6-17(22-10-14)24-7-1-2-8-24/h3-6,9-11H,1-2,7-8,12,20H2. The maximum absolute atomic E-state index is 12.7. The molecular weight excluding hydrogens is 342 g/mol. The maximum atomic E-state index is 12.7. The van der Waals surface area contributed by atoms with E-state index in [1.165, 1.54) is 12.8 Å². The van der Waals surface area contributed by atoms with E-state index in [1.54, 1.807) is 40.3 Å². The zero-order valence-corrected chi connectivity index (χ0v) is 14.7. The Balaban J connectivity index is 1.38. The number of fused-ring (bicyclic) bond motifs is 1. The summed E-state index contributed by atoms with van der Waals surface area (Å²) in [4.78, 5) is 25.4. The van der Waals surface area contributed by atoms with Gasteiger partial charge in [0.2, 0.25) is 0 Å². The first-order chi connectivity index (χ1) is 13.2. The molecule has 0 saturated carbocycles. The fraction of sp³-hybridized carbons (Fsp3) is 0.263. The van der Waals surface area contributed by atoms with E-state index in [4.69, 9.17) is 5.73 Å². The maximum Gasteiger partial charge on any atom is 0.263 e. The van der Waals surface area contributed by atoms with Crippen LogP contribution in [0.5, 0.6) is 0 Å². The quantitative estimate of drug-likeness (QED) is 0.767. The van der Waals surface area contributed by atoms with Gasteiger partial charge in [0, 0.05) is 19.3 Å². The monoisotopic (exact) mass is 361 g/mol. The summed E-state index contributed by atoms with van der Waals surface area (Å²) >= 11 is 0. The van der Waals surface area contributed by atoms with Crippen molar-refractivity contribution in [2.45, 2.75) is 19.4 Å². The number of rotatable bonds is 3. The Morgan fingerprint density at radius 1 is 0.963 bits per heavy atom. The van der Waals surface area contributed by atoms with Crippen LogP contribution in [0.4, 0.5) is 17.3 Å². The van der Waals surface area contributed by atoms with Crippen LogP contribution in [0.3, 0.4) is 0 Å². The first-order valence-electron chi connectivity index (χ1n) is 9.02. The molecule has 3 aromatic heterocycles. The number of hydrogen-bond acceptors (Lipinski definition) is 6. The third-order valence-electron chi connectivity index (χ3n) is 5.05. The molecule has 1 amide bonds. The summed E-state index contributed by atoms with van der Waals surface area (Å²) in [7, 11) is 0. The number of nitrogen functional groups attached to an aromatic ring is 1. The number of anilines is 3. The lowest BCUT2D eigenvalue weighted by Gasteiger charge is -2.16. The SMILES string of the molecule is Nc1ccc(N2Cc3nn(-c4ccc(N5CCCC5)nc4)cc3C2=O)nc1. The van der Waals surface area contributed by atoms with Gasteiger partial charge in [-0.15, -0.1) is 0 Å². The van der Waals surface area contributed by atoms with Gasteiger partial charge in [-0.1, -0.05) is 0 Å². The van der Waals surface area contributed by atoms with Crippen LogP contribution in [-0.4, -0.2) is 38.7 Å². The average Bonchev–Trinajstić information content (AvgIpc) is 3.41. The van der Waals surface area contributed by atoms with Crippen molar-refractivity contribution < 1.29 is 4.79 Å². The minimum atomic E-state index is -0.102. The smallest absolute Gasteiger partial charge is 0.263 e. The van der Waals surface area contributed by atoms with Gasteiger partial charge in [0.1, 0.15) is 11.6 Å². The van der Waals surface area contributed by atoms with Crippen LogP contribution >= 0.6 is 0 Å². The van der Waals surface area contributed by atoms with Crippen LogP contribution in [0.2, 0.25) is 0 Å². The Labute approximate surface area is 156 Å². The molecule has 5 rings (SSSR count). The van der Waals surface area contributed by atoms with Crippen LogP contribution in [0.15, 0.2) is 42.9 Å². The normalized spacial score (nSPS) is 16.2. The van der Waals surface area contributed by atoms with Crippen LogP contribution in [-0.2, 0) is 6.54 Å². The molecule has 3 aromatic rings. The lowest BCUT2D eigenvalue weighted by molar-refractivity contribution is 0.0995. The van der Waals surface area contributed by atoms with E-state index in [0.29, 0.717) is 23.6 Å². The summed E-state index contributed by atoms with van der Waals surface area (Å²) in [5, 5.41) is 4.58. The summed E-state index contributed by atoms with van der Waals surface area (Å²) in [5.74, 6) is 1.47. The molecular formula is C19H19N7O. The minimum Gasteiger partial charge on any atom is -0.397 e. The minimum absolute atomic E-state index is 0.102. The zero-order valence-electron chi connectivity index (χ0n) is 14.7. The van der Waals surface area contributed by atoms with Gasteiger partial charge in [-0.05, 0) is 37.1 Å². The number of amides is 1. The third-order valence-corrected chi connectivity index (χ3v) is 5.05.